The van der Waals surface area contributed by atoms with Crippen LogP contribution in [-0.4, -0.2) is 16.9 Å². The number of carbonyl (C=O) groups excluding carboxylic acids is 1. The average Bonchev–Trinajstić information content (AvgIpc) is 2.48. The standard InChI is InChI=1S/C17H12BrFO3/c18-15-4-2-1-3-12(15)9-13(10-16(20)21)17(22)11-5-7-14(19)8-6-11/h1-9H,10H2,(H,20,21). The van der Waals surface area contributed by atoms with Crippen molar-refractivity contribution in [1.82, 2.24) is 0 Å². The molecule has 0 aliphatic carbocycles. The Morgan fingerprint density at radius 2 is 1.73 bits per heavy atom. The lowest BCUT2D eigenvalue weighted by Gasteiger charge is -2.06. The van der Waals surface area contributed by atoms with Gasteiger partial charge in [0.15, 0.2) is 5.78 Å². The first-order valence-corrected chi connectivity index (χ1v) is 7.24. The van der Waals surface area contributed by atoms with Gasteiger partial charge in [0.05, 0.1) is 6.42 Å². The number of halogens is 2. The number of hydrogen-bond acceptors (Lipinski definition) is 2. The van der Waals surface area contributed by atoms with Gasteiger partial charge in [-0.15, -0.1) is 0 Å². The smallest absolute Gasteiger partial charge is 0.307 e. The molecule has 0 fully saturated rings. The third-order valence-corrected chi connectivity index (χ3v) is 3.70. The zero-order valence-corrected chi connectivity index (χ0v) is 13.0. The van der Waals surface area contributed by atoms with Crippen molar-refractivity contribution in [2.24, 2.45) is 0 Å². The maximum atomic E-state index is 12.9. The van der Waals surface area contributed by atoms with Gasteiger partial charge >= 0.3 is 5.97 Å². The molecule has 0 spiro atoms. The lowest BCUT2D eigenvalue weighted by Crippen LogP contribution is -2.08. The SMILES string of the molecule is O=C(O)CC(=Cc1ccccc1Br)C(=O)c1ccc(F)cc1. The van der Waals surface area contributed by atoms with Gasteiger partial charge < -0.3 is 5.11 Å². The quantitative estimate of drug-likeness (QED) is 0.636. The van der Waals surface area contributed by atoms with E-state index in [9.17, 15) is 14.0 Å². The molecule has 0 aromatic heterocycles. The zero-order chi connectivity index (χ0) is 16.1. The lowest BCUT2D eigenvalue weighted by molar-refractivity contribution is -0.136. The molecule has 5 heteroatoms. The summed E-state index contributed by atoms with van der Waals surface area (Å²) in [5, 5.41) is 9.01. The monoisotopic (exact) mass is 362 g/mol. The second-order valence-corrected chi connectivity index (χ2v) is 5.45. The third kappa shape index (κ3) is 4.11. The van der Waals surface area contributed by atoms with E-state index in [2.05, 4.69) is 15.9 Å². The fourth-order valence-electron chi connectivity index (χ4n) is 1.93. The Bertz CT molecular complexity index is 736. The number of hydrogen-bond donors (Lipinski definition) is 1. The van der Waals surface area contributed by atoms with Crippen LogP contribution in [0.25, 0.3) is 6.08 Å². The minimum Gasteiger partial charge on any atom is -0.481 e. The Morgan fingerprint density at radius 3 is 2.32 bits per heavy atom. The molecule has 112 valence electrons. The molecule has 0 bridgehead atoms. The van der Waals surface area contributed by atoms with E-state index in [4.69, 9.17) is 5.11 Å². The molecule has 22 heavy (non-hydrogen) atoms. The summed E-state index contributed by atoms with van der Waals surface area (Å²) < 4.78 is 13.7. The summed E-state index contributed by atoms with van der Waals surface area (Å²) in [5.74, 6) is -1.99. The molecule has 2 aromatic rings. The number of rotatable bonds is 5. The number of ketones is 1. The normalized spacial score (nSPS) is 11.3. The van der Waals surface area contributed by atoms with Crippen molar-refractivity contribution >= 4 is 33.8 Å². The second-order valence-electron chi connectivity index (χ2n) is 4.60. The number of benzene rings is 2. The van der Waals surface area contributed by atoms with E-state index >= 15 is 0 Å². The molecular formula is C17H12BrFO3. The van der Waals surface area contributed by atoms with Crippen LogP contribution in [0.3, 0.4) is 0 Å². The molecule has 0 saturated heterocycles. The molecule has 0 amide bonds. The summed E-state index contributed by atoms with van der Waals surface area (Å²) in [6.45, 7) is 0. The number of carbonyl (C=O) groups is 2. The summed E-state index contributed by atoms with van der Waals surface area (Å²) in [6, 6.07) is 12.2. The van der Waals surface area contributed by atoms with Crippen molar-refractivity contribution in [2.75, 3.05) is 0 Å². The number of carboxylic acids is 1. The van der Waals surface area contributed by atoms with Crippen LogP contribution in [0.4, 0.5) is 4.39 Å². The van der Waals surface area contributed by atoms with Crippen LogP contribution in [0, 0.1) is 5.82 Å². The Kier molecular flexibility index (Phi) is 5.22. The van der Waals surface area contributed by atoms with Gasteiger partial charge in [0.25, 0.3) is 0 Å². The van der Waals surface area contributed by atoms with E-state index in [0.717, 1.165) is 4.47 Å². The van der Waals surface area contributed by atoms with Gasteiger partial charge in [-0.3, -0.25) is 9.59 Å². The molecule has 2 aromatic carbocycles. The van der Waals surface area contributed by atoms with E-state index in [-0.39, 0.29) is 11.1 Å². The average molecular weight is 363 g/mol. The highest BCUT2D eigenvalue weighted by Crippen LogP contribution is 2.22. The minimum absolute atomic E-state index is 0.131. The Balaban J connectivity index is 2.42. The number of aliphatic carboxylic acids is 1. The van der Waals surface area contributed by atoms with Gasteiger partial charge in [-0.25, -0.2) is 4.39 Å². The van der Waals surface area contributed by atoms with Crippen molar-refractivity contribution in [3.8, 4) is 0 Å². The van der Waals surface area contributed by atoms with Crippen LogP contribution in [0.5, 0.6) is 0 Å². The molecule has 1 N–H and O–H groups in total. The highest BCUT2D eigenvalue weighted by atomic mass is 79.9. The van der Waals surface area contributed by atoms with Gasteiger partial charge in [-0.1, -0.05) is 34.1 Å². The van der Waals surface area contributed by atoms with Crippen molar-refractivity contribution in [3.63, 3.8) is 0 Å². The first-order valence-electron chi connectivity index (χ1n) is 6.44. The van der Waals surface area contributed by atoms with Crippen molar-refractivity contribution in [1.29, 1.82) is 0 Å². The molecule has 0 radical (unpaired) electrons. The number of carboxylic acid groups (broad SMARTS) is 1. The predicted octanol–water partition coefficient (Wildman–Crippen LogP) is 4.33. The third-order valence-electron chi connectivity index (χ3n) is 2.97. The highest BCUT2D eigenvalue weighted by molar-refractivity contribution is 9.10. The summed E-state index contributed by atoms with van der Waals surface area (Å²) in [5.41, 5.74) is 1.08. The highest BCUT2D eigenvalue weighted by Gasteiger charge is 2.16. The van der Waals surface area contributed by atoms with Crippen molar-refractivity contribution in [2.45, 2.75) is 6.42 Å². The molecular weight excluding hydrogens is 351 g/mol. The topological polar surface area (TPSA) is 54.4 Å². The summed E-state index contributed by atoms with van der Waals surface area (Å²) in [4.78, 5) is 23.4. The molecule has 0 heterocycles. The van der Waals surface area contributed by atoms with Crippen LogP contribution in [0.15, 0.2) is 58.6 Å². The zero-order valence-electron chi connectivity index (χ0n) is 11.4. The van der Waals surface area contributed by atoms with Gasteiger partial charge in [0.2, 0.25) is 0 Å². The largest absolute Gasteiger partial charge is 0.481 e. The van der Waals surface area contributed by atoms with Crippen LogP contribution >= 0.6 is 15.9 Å². The Hall–Kier alpha value is -2.27. The second kappa shape index (κ2) is 7.13. The molecule has 0 saturated carbocycles. The first kappa shape index (κ1) is 16.1. The minimum atomic E-state index is -1.10. The number of Topliss-reactive ketones (excluding diaryl/α,β-unsaturated/α-hetero) is 1. The fraction of sp³-hybridized carbons (Fsp3) is 0.0588. The molecule has 2 rings (SSSR count). The Morgan fingerprint density at radius 1 is 1.09 bits per heavy atom. The molecule has 0 unspecified atom stereocenters. The summed E-state index contributed by atoms with van der Waals surface area (Å²) in [7, 11) is 0. The van der Waals surface area contributed by atoms with Gasteiger partial charge in [-0.05, 0) is 42.0 Å². The van der Waals surface area contributed by atoms with Gasteiger partial charge in [0.1, 0.15) is 5.82 Å². The van der Waals surface area contributed by atoms with Crippen LogP contribution < -0.4 is 0 Å². The van der Waals surface area contributed by atoms with E-state index in [1.54, 1.807) is 18.2 Å². The van der Waals surface area contributed by atoms with E-state index < -0.39 is 24.0 Å². The summed E-state index contributed by atoms with van der Waals surface area (Å²) in [6.07, 6.45) is 1.13. The molecule has 0 atom stereocenters. The summed E-state index contributed by atoms with van der Waals surface area (Å²) >= 11 is 3.35. The van der Waals surface area contributed by atoms with Crippen molar-refractivity contribution in [3.05, 3.63) is 75.5 Å². The van der Waals surface area contributed by atoms with Gasteiger partial charge in [-0.2, -0.15) is 0 Å². The first-order chi connectivity index (χ1) is 10.5. The van der Waals surface area contributed by atoms with Crippen LogP contribution in [-0.2, 0) is 4.79 Å². The molecule has 0 aliphatic heterocycles. The predicted molar refractivity (Wildman–Crippen MR) is 85.1 cm³/mol. The maximum absolute atomic E-state index is 12.9. The van der Waals surface area contributed by atoms with E-state index in [1.807, 2.05) is 6.07 Å². The van der Waals surface area contributed by atoms with Crippen molar-refractivity contribution < 1.29 is 19.1 Å². The van der Waals surface area contributed by atoms with E-state index in [0.29, 0.717) is 5.56 Å². The van der Waals surface area contributed by atoms with Crippen LogP contribution in [0.1, 0.15) is 22.3 Å². The van der Waals surface area contributed by atoms with Crippen LogP contribution in [0.2, 0.25) is 0 Å². The maximum Gasteiger partial charge on any atom is 0.307 e. The molecule has 0 aliphatic rings. The van der Waals surface area contributed by atoms with Gasteiger partial charge in [0, 0.05) is 15.6 Å². The fourth-order valence-corrected chi connectivity index (χ4v) is 2.33. The molecule has 3 nitrogen and oxygen atoms in total. The Labute approximate surface area is 135 Å². The lowest BCUT2D eigenvalue weighted by atomic mass is 9.98. The van der Waals surface area contributed by atoms with E-state index in [1.165, 1.54) is 30.3 Å².